The second-order valence-electron chi connectivity index (χ2n) is 10.4. The van der Waals surface area contributed by atoms with Gasteiger partial charge in [-0.05, 0) is 70.1 Å². The second-order valence-corrected chi connectivity index (χ2v) is 10.4. The lowest BCUT2D eigenvalue weighted by molar-refractivity contribution is -0.146. The Hall–Kier alpha value is -2.33. The maximum atomic E-state index is 13.9. The maximum Gasteiger partial charge on any atom is 0.399 e. The van der Waals surface area contributed by atoms with E-state index in [0.717, 1.165) is 29.0 Å². The predicted molar refractivity (Wildman–Crippen MR) is 140 cm³/mol. The summed E-state index contributed by atoms with van der Waals surface area (Å²) in [5.74, 6) is -0.777. The number of nitrogens with one attached hydrogen (secondary N) is 1. The predicted octanol–water partition coefficient (Wildman–Crippen LogP) is 8.39. The molecule has 4 rings (SSSR count). The first-order valence-electron chi connectivity index (χ1n) is 13.2. The van der Waals surface area contributed by atoms with Gasteiger partial charge in [-0.2, -0.15) is 13.2 Å². The molecular formula is C31H38F3N. The van der Waals surface area contributed by atoms with Crippen molar-refractivity contribution in [1.29, 1.82) is 0 Å². The lowest BCUT2D eigenvalue weighted by Gasteiger charge is -2.32. The SMILES string of the molecule is C=C1c2c(CC)cccc2C(C(C)CNCc2ccc(CCC3CCCC3)cc2)=CC1C(F)(F)F. The fourth-order valence-corrected chi connectivity index (χ4v) is 5.80. The van der Waals surface area contributed by atoms with Crippen LogP contribution in [0, 0.1) is 17.8 Å². The molecule has 1 saturated carbocycles. The second kappa shape index (κ2) is 11.2. The molecule has 2 aromatic rings. The molecule has 0 bridgehead atoms. The van der Waals surface area contributed by atoms with Gasteiger partial charge >= 0.3 is 6.18 Å². The average molecular weight is 482 g/mol. The molecule has 2 aliphatic rings. The van der Waals surface area contributed by atoms with Crippen LogP contribution in [0.4, 0.5) is 13.2 Å². The molecule has 2 aromatic carbocycles. The largest absolute Gasteiger partial charge is 0.399 e. The van der Waals surface area contributed by atoms with Crippen molar-refractivity contribution in [2.75, 3.05) is 6.54 Å². The first kappa shape index (κ1) is 25.8. The summed E-state index contributed by atoms with van der Waals surface area (Å²) in [6.07, 6.45) is 5.73. The average Bonchev–Trinajstić information content (AvgIpc) is 3.36. The monoisotopic (exact) mass is 481 g/mol. The van der Waals surface area contributed by atoms with E-state index in [9.17, 15) is 13.2 Å². The highest BCUT2D eigenvalue weighted by Crippen LogP contribution is 2.47. The van der Waals surface area contributed by atoms with Crippen LogP contribution in [0.3, 0.4) is 0 Å². The maximum absolute atomic E-state index is 13.9. The van der Waals surface area contributed by atoms with E-state index in [2.05, 4.69) is 36.2 Å². The van der Waals surface area contributed by atoms with E-state index in [-0.39, 0.29) is 11.5 Å². The van der Waals surface area contributed by atoms with Crippen LogP contribution in [0.2, 0.25) is 0 Å². The van der Waals surface area contributed by atoms with Crippen molar-refractivity contribution in [2.24, 2.45) is 17.8 Å². The zero-order valence-electron chi connectivity index (χ0n) is 21.1. The Kier molecular flexibility index (Phi) is 8.21. The highest BCUT2D eigenvalue weighted by molar-refractivity contribution is 5.88. The van der Waals surface area contributed by atoms with Gasteiger partial charge in [0.05, 0.1) is 5.92 Å². The normalized spacial score (nSPS) is 19.5. The standard InChI is InChI=1S/C31H38F3N/c1-4-26-10-7-11-27-28(18-29(31(32,33)34)22(3)30(26)27)21(2)19-35-20-25-16-14-24(15-17-25)13-12-23-8-5-6-9-23/h7,10-11,14-18,21,23,29,35H,3-6,8-9,12-13,19-20H2,1-2H3. The molecule has 0 aliphatic heterocycles. The Morgan fingerprint density at radius 2 is 1.71 bits per heavy atom. The molecule has 2 atom stereocenters. The quantitative estimate of drug-likeness (QED) is 0.379. The summed E-state index contributed by atoms with van der Waals surface area (Å²) < 4.78 is 41.7. The molecule has 0 heterocycles. The van der Waals surface area contributed by atoms with Gasteiger partial charge in [0.1, 0.15) is 0 Å². The van der Waals surface area contributed by atoms with Crippen LogP contribution in [0.5, 0.6) is 0 Å². The molecule has 0 radical (unpaired) electrons. The van der Waals surface area contributed by atoms with Gasteiger partial charge in [-0.1, -0.05) is 94.7 Å². The summed E-state index contributed by atoms with van der Waals surface area (Å²) in [4.78, 5) is 0. The molecule has 2 unspecified atom stereocenters. The van der Waals surface area contributed by atoms with E-state index in [1.54, 1.807) is 0 Å². The molecule has 4 heteroatoms. The summed E-state index contributed by atoms with van der Waals surface area (Å²) in [5.41, 5.74) is 6.05. The molecular weight excluding hydrogens is 443 g/mol. The topological polar surface area (TPSA) is 12.0 Å². The minimum Gasteiger partial charge on any atom is -0.312 e. The highest BCUT2D eigenvalue weighted by Gasteiger charge is 2.43. The number of fused-ring (bicyclic) bond motifs is 1. The molecule has 0 amide bonds. The minimum absolute atomic E-state index is 0.0514. The van der Waals surface area contributed by atoms with Crippen LogP contribution in [-0.2, 0) is 19.4 Å². The van der Waals surface area contributed by atoms with Crippen molar-refractivity contribution in [3.8, 4) is 0 Å². The fourth-order valence-electron chi connectivity index (χ4n) is 5.80. The number of allylic oxidation sites excluding steroid dienone is 2. The van der Waals surface area contributed by atoms with Gasteiger partial charge in [0.25, 0.3) is 0 Å². The van der Waals surface area contributed by atoms with Gasteiger partial charge in [-0.3, -0.25) is 0 Å². The Balaban J connectivity index is 1.39. The van der Waals surface area contributed by atoms with Gasteiger partial charge in [-0.15, -0.1) is 0 Å². The molecule has 0 spiro atoms. The third-order valence-corrected chi connectivity index (χ3v) is 7.89. The third kappa shape index (κ3) is 6.09. The van der Waals surface area contributed by atoms with Crippen molar-refractivity contribution in [2.45, 2.75) is 71.5 Å². The van der Waals surface area contributed by atoms with Gasteiger partial charge in [0.2, 0.25) is 0 Å². The van der Waals surface area contributed by atoms with Crippen molar-refractivity contribution < 1.29 is 13.2 Å². The zero-order valence-corrected chi connectivity index (χ0v) is 21.1. The molecule has 188 valence electrons. The highest BCUT2D eigenvalue weighted by atomic mass is 19.4. The zero-order chi connectivity index (χ0) is 25.0. The molecule has 0 saturated heterocycles. The number of halogens is 3. The number of alkyl halides is 3. The molecule has 0 aromatic heterocycles. The van der Waals surface area contributed by atoms with Crippen LogP contribution < -0.4 is 5.32 Å². The molecule has 1 nitrogen and oxygen atoms in total. The summed E-state index contributed by atoms with van der Waals surface area (Å²) >= 11 is 0. The lowest BCUT2D eigenvalue weighted by Crippen LogP contribution is -2.28. The number of hydrogen-bond donors (Lipinski definition) is 1. The first-order chi connectivity index (χ1) is 16.8. The van der Waals surface area contributed by atoms with Crippen molar-refractivity contribution in [3.05, 3.63) is 82.9 Å². The fraction of sp³-hybridized carbons (Fsp3) is 0.484. The van der Waals surface area contributed by atoms with Crippen molar-refractivity contribution >= 4 is 11.1 Å². The van der Waals surface area contributed by atoms with Gasteiger partial charge in [0, 0.05) is 13.1 Å². The van der Waals surface area contributed by atoms with Crippen LogP contribution in [0.1, 0.15) is 73.8 Å². The summed E-state index contributed by atoms with van der Waals surface area (Å²) in [6, 6.07) is 14.6. The Labute approximate surface area is 208 Å². The van der Waals surface area contributed by atoms with Crippen molar-refractivity contribution in [3.63, 3.8) is 0 Å². The summed E-state index contributed by atoms with van der Waals surface area (Å²) in [6.45, 7) is 9.18. The summed E-state index contributed by atoms with van der Waals surface area (Å²) in [5, 5.41) is 3.47. The molecule has 35 heavy (non-hydrogen) atoms. The molecule has 1 N–H and O–H groups in total. The van der Waals surface area contributed by atoms with E-state index in [1.165, 1.54) is 49.3 Å². The lowest BCUT2D eigenvalue weighted by atomic mass is 9.75. The van der Waals surface area contributed by atoms with Crippen LogP contribution in [0.25, 0.3) is 11.1 Å². The van der Waals surface area contributed by atoms with Crippen LogP contribution >= 0.6 is 0 Å². The van der Waals surface area contributed by atoms with E-state index < -0.39 is 12.1 Å². The Bertz CT molecular complexity index is 1040. The number of aryl methyl sites for hydroxylation is 2. The Morgan fingerprint density at radius 1 is 1.03 bits per heavy atom. The van der Waals surface area contributed by atoms with Crippen LogP contribution in [0.15, 0.2) is 55.1 Å². The van der Waals surface area contributed by atoms with Crippen LogP contribution in [-0.4, -0.2) is 12.7 Å². The minimum atomic E-state index is -4.34. The van der Waals surface area contributed by atoms with E-state index in [4.69, 9.17) is 0 Å². The van der Waals surface area contributed by atoms with Gasteiger partial charge in [0.15, 0.2) is 0 Å². The van der Waals surface area contributed by atoms with Crippen molar-refractivity contribution in [1.82, 2.24) is 5.32 Å². The van der Waals surface area contributed by atoms with E-state index in [1.807, 2.05) is 32.0 Å². The van der Waals surface area contributed by atoms with Gasteiger partial charge < -0.3 is 5.32 Å². The number of rotatable bonds is 9. The smallest absolute Gasteiger partial charge is 0.312 e. The number of hydrogen-bond acceptors (Lipinski definition) is 1. The van der Waals surface area contributed by atoms with E-state index in [0.29, 0.717) is 25.1 Å². The Morgan fingerprint density at radius 3 is 2.37 bits per heavy atom. The molecule has 2 aliphatic carbocycles. The third-order valence-electron chi connectivity index (χ3n) is 7.89. The number of benzene rings is 2. The molecule has 1 fully saturated rings. The van der Waals surface area contributed by atoms with E-state index >= 15 is 0 Å². The van der Waals surface area contributed by atoms with Gasteiger partial charge in [-0.25, -0.2) is 0 Å². The summed E-state index contributed by atoms with van der Waals surface area (Å²) in [7, 11) is 0. The first-order valence-corrected chi connectivity index (χ1v) is 13.2.